The molecule has 0 aliphatic heterocycles. The van der Waals surface area contributed by atoms with E-state index >= 15 is 0 Å². The molecule has 2 aromatic rings. The molecule has 4 nitrogen and oxygen atoms in total. The molecule has 20 heavy (non-hydrogen) atoms. The molecule has 0 saturated heterocycles. The normalized spacial score (nSPS) is 10.2. The molecule has 2 N–H and O–H groups in total. The number of methoxy groups -OCH3 is 2. The number of ether oxygens (including phenoxy) is 3. The average Bonchev–Trinajstić information content (AvgIpc) is 2.48. The van der Waals surface area contributed by atoms with Crippen molar-refractivity contribution >= 4 is 5.69 Å². The standard InChI is InChI=1S/C16H19NO3/c1-11-12(5-4-6-16(11)17)10-20-15-8-13(18-2)7-14(9-15)19-3/h4-9H,10,17H2,1-3H3. The molecule has 0 radical (unpaired) electrons. The van der Waals surface area contributed by atoms with Gasteiger partial charge in [0.2, 0.25) is 0 Å². The van der Waals surface area contributed by atoms with Crippen LogP contribution in [0.25, 0.3) is 0 Å². The number of nitrogen functional groups attached to an aromatic ring is 1. The maximum absolute atomic E-state index is 5.89. The minimum absolute atomic E-state index is 0.452. The van der Waals surface area contributed by atoms with Gasteiger partial charge in [0.15, 0.2) is 0 Å². The van der Waals surface area contributed by atoms with E-state index in [0.717, 1.165) is 16.8 Å². The first-order chi connectivity index (χ1) is 9.63. The Morgan fingerprint density at radius 3 is 2.15 bits per heavy atom. The summed E-state index contributed by atoms with van der Waals surface area (Å²) in [6.07, 6.45) is 0. The summed E-state index contributed by atoms with van der Waals surface area (Å²) in [7, 11) is 3.22. The topological polar surface area (TPSA) is 53.7 Å². The summed E-state index contributed by atoms with van der Waals surface area (Å²) in [6, 6.07) is 11.3. The van der Waals surface area contributed by atoms with Crippen molar-refractivity contribution in [3.05, 3.63) is 47.5 Å². The highest BCUT2D eigenvalue weighted by Crippen LogP contribution is 2.28. The van der Waals surface area contributed by atoms with Gasteiger partial charge >= 0.3 is 0 Å². The Labute approximate surface area is 119 Å². The van der Waals surface area contributed by atoms with E-state index in [1.165, 1.54) is 0 Å². The van der Waals surface area contributed by atoms with Crippen LogP contribution in [0.2, 0.25) is 0 Å². The number of rotatable bonds is 5. The van der Waals surface area contributed by atoms with Gasteiger partial charge in [-0.3, -0.25) is 0 Å². The van der Waals surface area contributed by atoms with Crippen LogP contribution in [0.15, 0.2) is 36.4 Å². The number of anilines is 1. The third kappa shape index (κ3) is 3.15. The fourth-order valence-electron chi connectivity index (χ4n) is 1.89. The predicted octanol–water partition coefficient (Wildman–Crippen LogP) is 3.17. The quantitative estimate of drug-likeness (QED) is 0.850. The van der Waals surface area contributed by atoms with Gasteiger partial charge in [0.25, 0.3) is 0 Å². The lowest BCUT2D eigenvalue weighted by atomic mass is 10.1. The van der Waals surface area contributed by atoms with Crippen molar-refractivity contribution in [3.63, 3.8) is 0 Å². The van der Waals surface area contributed by atoms with Gasteiger partial charge < -0.3 is 19.9 Å². The van der Waals surface area contributed by atoms with Gasteiger partial charge in [-0.1, -0.05) is 12.1 Å². The molecule has 4 heteroatoms. The molecule has 0 aromatic heterocycles. The van der Waals surface area contributed by atoms with Crippen molar-refractivity contribution in [2.75, 3.05) is 20.0 Å². The highest BCUT2D eigenvalue weighted by molar-refractivity contribution is 5.50. The van der Waals surface area contributed by atoms with Gasteiger partial charge in [-0.05, 0) is 24.1 Å². The summed E-state index contributed by atoms with van der Waals surface area (Å²) in [4.78, 5) is 0. The van der Waals surface area contributed by atoms with Gasteiger partial charge in [-0.2, -0.15) is 0 Å². The Morgan fingerprint density at radius 2 is 1.55 bits per heavy atom. The van der Waals surface area contributed by atoms with E-state index in [-0.39, 0.29) is 0 Å². The number of nitrogens with two attached hydrogens (primary N) is 1. The van der Waals surface area contributed by atoms with Gasteiger partial charge in [0.1, 0.15) is 23.9 Å². The number of benzene rings is 2. The highest BCUT2D eigenvalue weighted by atomic mass is 16.5. The summed E-state index contributed by atoms with van der Waals surface area (Å²) in [5, 5.41) is 0. The van der Waals surface area contributed by atoms with E-state index < -0.39 is 0 Å². The van der Waals surface area contributed by atoms with Crippen molar-refractivity contribution in [3.8, 4) is 17.2 Å². The van der Waals surface area contributed by atoms with Crippen LogP contribution in [0.5, 0.6) is 17.2 Å². The molecule has 0 saturated carbocycles. The second-order valence-corrected chi connectivity index (χ2v) is 4.47. The Hall–Kier alpha value is -2.36. The molecular weight excluding hydrogens is 254 g/mol. The zero-order chi connectivity index (χ0) is 14.5. The Bertz CT molecular complexity index is 574. The molecular formula is C16H19NO3. The number of hydrogen-bond donors (Lipinski definition) is 1. The smallest absolute Gasteiger partial charge is 0.127 e. The highest BCUT2D eigenvalue weighted by Gasteiger charge is 2.05. The maximum Gasteiger partial charge on any atom is 0.127 e. The maximum atomic E-state index is 5.89. The van der Waals surface area contributed by atoms with Crippen LogP contribution < -0.4 is 19.9 Å². The molecule has 2 rings (SSSR count). The SMILES string of the molecule is COc1cc(OC)cc(OCc2cccc(N)c2C)c1. The predicted molar refractivity (Wildman–Crippen MR) is 79.5 cm³/mol. The van der Waals surface area contributed by atoms with E-state index in [4.69, 9.17) is 19.9 Å². The molecule has 106 valence electrons. The first-order valence-corrected chi connectivity index (χ1v) is 6.34. The molecule has 0 heterocycles. The zero-order valence-electron chi connectivity index (χ0n) is 12.0. The third-order valence-corrected chi connectivity index (χ3v) is 3.21. The summed E-state index contributed by atoms with van der Waals surface area (Å²) < 4.78 is 16.2. The van der Waals surface area contributed by atoms with E-state index in [0.29, 0.717) is 23.9 Å². The molecule has 0 bridgehead atoms. The van der Waals surface area contributed by atoms with Gasteiger partial charge in [-0.15, -0.1) is 0 Å². The molecule has 0 aliphatic carbocycles. The molecule has 0 aliphatic rings. The average molecular weight is 273 g/mol. The molecule has 0 amide bonds. The molecule has 0 unspecified atom stereocenters. The summed E-state index contributed by atoms with van der Waals surface area (Å²) in [5.41, 5.74) is 8.76. The van der Waals surface area contributed by atoms with E-state index in [1.807, 2.05) is 37.3 Å². The molecule has 0 atom stereocenters. The van der Waals surface area contributed by atoms with Crippen molar-refractivity contribution in [2.45, 2.75) is 13.5 Å². The van der Waals surface area contributed by atoms with Crippen LogP contribution in [0, 0.1) is 6.92 Å². The first kappa shape index (κ1) is 14.1. The first-order valence-electron chi connectivity index (χ1n) is 6.34. The zero-order valence-corrected chi connectivity index (χ0v) is 12.0. The monoisotopic (exact) mass is 273 g/mol. The lowest BCUT2D eigenvalue weighted by Gasteiger charge is -2.12. The molecule has 2 aromatic carbocycles. The summed E-state index contributed by atoms with van der Waals surface area (Å²) in [6.45, 7) is 2.44. The van der Waals surface area contributed by atoms with Crippen LogP contribution in [0.4, 0.5) is 5.69 Å². The van der Waals surface area contributed by atoms with Gasteiger partial charge in [0, 0.05) is 23.9 Å². The minimum Gasteiger partial charge on any atom is -0.496 e. The number of hydrogen-bond acceptors (Lipinski definition) is 4. The van der Waals surface area contributed by atoms with Crippen molar-refractivity contribution < 1.29 is 14.2 Å². The van der Waals surface area contributed by atoms with Crippen LogP contribution in [0.3, 0.4) is 0 Å². The Balaban J connectivity index is 2.16. The van der Waals surface area contributed by atoms with E-state index in [1.54, 1.807) is 20.3 Å². The lowest BCUT2D eigenvalue weighted by molar-refractivity contribution is 0.300. The molecule has 0 spiro atoms. The Morgan fingerprint density at radius 1 is 0.950 bits per heavy atom. The van der Waals surface area contributed by atoms with Crippen LogP contribution in [-0.2, 0) is 6.61 Å². The minimum atomic E-state index is 0.452. The fourth-order valence-corrected chi connectivity index (χ4v) is 1.89. The summed E-state index contributed by atoms with van der Waals surface area (Å²) in [5.74, 6) is 2.09. The van der Waals surface area contributed by atoms with Crippen LogP contribution in [-0.4, -0.2) is 14.2 Å². The van der Waals surface area contributed by atoms with Gasteiger partial charge in [0.05, 0.1) is 14.2 Å². The van der Waals surface area contributed by atoms with E-state index in [2.05, 4.69) is 0 Å². The van der Waals surface area contributed by atoms with Crippen molar-refractivity contribution in [1.29, 1.82) is 0 Å². The van der Waals surface area contributed by atoms with Crippen molar-refractivity contribution in [1.82, 2.24) is 0 Å². The fraction of sp³-hybridized carbons (Fsp3) is 0.250. The second-order valence-electron chi connectivity index (χ2n) is 4.47. The molecule has 0 fully saturated rings. The second kappa shape index (κ2) is 6.19. The lowest BCUT2D eigenvalue weighted by Crippen LogP contribution is -2.01. The van der Waals surface area contributed by atoms with Gasteiger partial charge in [-0.25, -0.2) is 0 Å². The summed E-state index contributed by atoms with van der Waals surface area (Å²) >= 11 is 0. The van der Waals surface area contributed by atoms with Crippen molar-refractivity contribution in [2.24, 2.45) is 0 Å². The van der Waals surface area contributed by atoms with E-state index in [9.17, 15) is 0 Å². The largest absolute Gasteiger partial charge is 0.496 e. The van der Waals surface area contributed by atoms with Crippen LogP contribution in [0.1, 0.15) is 11.1 Å². The van der Waals surface area contributed by atoms with Crippen LogP contribution >= 0.6 is 0 Å². The third-order valence-electron chi connectivity index (χ3n) is 3.21. The Kier molecular flexibility index (Phi) is 4.35.